The van der Waals surface area contributed by atoms with Crippen LogP contribution in [0, 0.1) is 6.92 Å². The normalized spacial score (nSPS) is 11.8. The van der Waals surface area contributed by atoms with E-state index in [2.05, 4.69) is 5.32 Å². The van der Waals surface area contributed by atoms with Gasteiger partial charge in [0.05, 0.1) is 0 Å². The molecule has 0 aromatic heterocycles. The number of nitrogens with zero attached hydrogens (tertiary/aromatic N) is 1. The van der Waals surface area contributed by atoms with Crippen molar-refractivity contribution in [2.45, 2.75) is 19.5 Å². The van der Waals surface area contributed by atoms with Gasteiger partial charge in [-0.15, -0.1) is 0 Å². The second kappa shape index (κ2) is 10.1. The zero-order valence-corrected chi connectivity index (χ0v) is 18.2. The summed E-state index contributed by atoms with van der Waals surface area (Å²) in [4.78, 5) is 27.2. The molecule has 0 spiro atoms. The Kier molecular flexibility index (Phi) is 8.18. The zero-order chi connectivity index (χ0) is 19.1. The Hall–Kier alpha value is -1.31. The predicted molar refractivity (Wildman–Crippen MR) is 101 cm³/mol. The van der Waals surface area contributed by atoms with Gasteiger partial charge in [0.25, 0.3) is 0 Å². The summed E-state index contributed by atoms with van der Waals surface area (Å²) in [6.07, 6.45) is 0. The molecule has 4 nitrogen and oxygen atoms in total. The van der Waals surface area contributed by atoms with E-state index in [9.17, 15) is 9.59 Å². The number of alkyl halides is 2. The first kappa shape index (κ1) is 21.0. The third-order valence-corrected chi connectivity index (χ3v) is 6.60. The van der Waals surface area contributed by atoms with Crippen molar-refractivity contribution < 1.29 is 31.1 Å². The summed E-state index contributed by atoms with van der Waals surface area (Å²) >= 11 is 11.2. The van der Waals surface area contributed by atoms with Crippen LogP contribution >= 0.6 is 23.2 Å². The summed E-state index contributed by atoms with van der Waals surface area (Å²) in [5.74, 6) is -0.618. The van der Waals surface area contributed by atoms with Crippen molar-refractivity contribution in [3.05, 3.63) is 70.2 Å². The molecular weight excluding hydrogens is 486 g/mol. The second-order valence-electron chi connectivity index (χ2n) is 5.62. The van der Waals surface area contributed by atoms with Crippen molar-refractivity contribution in [2.75, 3.05) is 10.8 Å². The molecule has 2 amide bonds. The molecule has 0 saturated heterocycles. The average molecular weight is 506 g/mol. The summed E-state index contributed by atoms with van der Waals surface area (Å²) in [6, 6.07) is 14.3. The van der Waals surface area contributed by atoms with Gasteiger partial charge in [-0.2, -0.15) is 0 Å². The molecule has 26 heavy (non-hydrogen) atoms. The molecule has 0 fully saturated rings. The third-order valence-electron chi connectivity index (χ3n) is 3.82. The third kappa shape index (κ3) is 5.34. The number of nitrogens with one attached hydrogen (secondary N) is 1. The van der Waals surface area contributed by atoms with Crippen LogP contribution in [0.2, 0.25) is 5.02 Å². The van der Waals surface area contributed by atoms with E-state index in [1.54, 1.807) is 15.2 Å². The Labute approximate surface area is 174 Å². The van der Waals surface area contributed by atoms with Gasteiger partial charge in [-0.1, -0.05) is 0 Å². The Morgan fingerprint density at radius 2 is 1.88 bits per heavy atom. The molecule has 2 aromatic carbocycles. The quantitative estimate of drug-likeness (QED) is 0.342. The fourth-order valence-electron chi connectivity index (χ4n) is 2.50. The summed E-state index contributed by atoms with van der Waals surface area (Å²) < 4.78 is 1.59. The molecule has 140 valence electrons. The van der Waals surface area contributed by atoms with Crippen molar-refractivity contribution in [3.63, 3.8) is 0 Å². The van der Waals surface area contributed by atoms with Crippen molar-refractivity contribution >= 4 is 35.0 Å². The Morgan fingerprint density at radius 1 is 1.19 bits per heavy atom. The van der Waals surface area contributed by atoms with Crippen LogP contribution < -0.4 is 26.8 Å². The first-order valence-electron chi connectivity index (χ1n) is 7.93. The van der Waals surface area contributed by atoms with Gasteiger partial charge in [0.15, 0.2) is 0 Å². The van der Waals surface area contributed by atoms with Crippen molar-refractivity contribution in [2.24, 2.45) is 0 Å². The zero-order valence-electron chi connectivity index (χ0n) is 14.5. The number of halogens is 3. The topological polar surface area (TPSA) is 49.4 Å². The van der Waals surface area contributed by atoms with Crippen LogP contribution in [0.1, 0.15) is 22.7 Å². The molecular formula is C19H20Cl2IN2O2-. The average Bonchev–Trinajstić information content (AvgIpc) is 2.66. The number of aryl methyl sites for hydroxylation is 1. The molecule has 1 N–H and O–H groups in total. The Morgan fingerprint density at radius 3 is 2.46 bits per heavy atom. The van der Waals surface area contributed by atoms with E-state index in [1.165, 1.54) is 0 Å². The molecule has 0 saturated carbocycles. The Balaban J connectivity index is 2.30. The van der Waals surface area contributed by atoms with Crippen LogP contribution in [-0.4, -0.2) is 25.7 Å². The first-order valence-corrected chi connectivity index (χ1v) is 12.0. The molecule has 0 aliphatic carbocycles. The summed E-state index contributed by atoms with van der Waals surface area (Å²) in [7, 11) is 0. The maximum absolute atomic E-state index is 13.0. The fraction of sp³-hybridized carbons (Fsp3) is 0.263. The molecule has 2 rings (SSSR count). The van der Waals surface area contributed by atoms with Crippen LogP contribution in [0.15, 0.2) is 48.5 Å². The number of rotatable bonds is 7. The monoisotopic (exact) mass is 505 g/mol. The second-order valence-corrected chi connectivity index (χ2v) is 8.30. The van der Waals surface area contributed by atoms with Crippen LogP contribution in [-0.2, 0) is 16.1 Å². The number of hydrogen-bond donors (Lipinski definition) is 1. The fourth-order valence-corrected chi connectivity index (χ4v) is 4.79. The van der Waals surface area contributed by atoms with E-state index in [-0.39, 0.29) is 17.7 Å². The van der Waals surface area contributed by atoms with E-state index >= 15 is 0 Å². The van der Waals surface area contributed by atoms with E-state index in [1.807, 2.05) is 48.3 Å². The van der Waals surface area contributed by atoms with Gasteiger partial charge >= 0.3 is 175 Å². The first-order chi connectivity index (χ1) is 12.5. The van der Waals surface area contributed by atoms with E-state index in [4.69, 9.17) is 23.2 Å². The van der Waals surface area contributed by atoms with Crippen LogP contribution in [0.5, 0.6) is 0 Å². The minimum absolute atomic E-state index is 0.150. The van der Waals surface area contributed by atoms with Gasteiger partial charge in [-0.3, -0.25) is 0 Å². The molecule has 2 aromatic rings. The number of benzene rings is 2. The van der Waals surface area contributed by atoms with Gasteiger partial charge in [0, 0.05) is 0 Å². The molecule has 1 unspecified atom stereocenters. The van der Waals surface area contributed by atoms with Crippen molar-refractivity contribution in [1.29, 1.82) is 0 Å². The number of amides is 2. The van der Waals surface area contributed by atoms with Crippen molar-refractivity contribution in [1.82, 2.24) is 8.43 Å². The SMILES string of the molecule is C[I-]N(C(=O)CCl)C(C(=O)NCc1ccccc1)c1ccc(Cl)c(C)c1. The predicted octanol–water partition coefficient (Wildman–Crippen LogP) is 0.707. The summed E-state index contributed by atoms with van der Waals surface area (Å²) in [5, 5.41) is 3.56. The number of hydrogen-bond acceptors (Lipinski definition) is 2. The van der Waals surface area contributed by atoms with Crippen molar-refractivity contribution in [3.8, 4) is 0 Å². The summed E-state index contributed by atoms with van der Waals surface area (Å²) in [6.45, 7) is 2.27. The maximum atomic E-state index is 13.0. The molecule has 0 aliphatic rings. The van der Waals surface area contributed by atoms with Gasteiger partial charge in [0.2, 0.25) is 0 Å². The van der Waals surface area contributed by atoms with E-state index in [0.29, 0.717) is 11.6 Å². The van der Waals surface area contributed by atoms with Gasteiger partial charge in [-0.05, 0) is 0 Å². The number of carbonyl (C=O) groups is 2. The van der Waals surface area contributed by atoms with Crippen LogP contribution in [0.3, 0.4) is 0 Å². The number of carbonyl (C=O) groups excluding carboxylic acids is 2. The molecule has 7 heteroatoms. The van der Waals surface area contributed by atoms with E-state index in [0.717, 1.165) is 16.7 Å². The van der Waals surface area contributed by atoms with Gasteiger partial charge in [-0.25, -0.2) is 0 Å². The summed E-state index contributed by atoms with van der Waals surface area (Å²) in [5.41, 5.74) is 2.59. The molecule has 0 aliphatic heterocycles. The van der Waals surface area contributed by atoms with Gasteiger partial charge in [0.1, 0.15) is 0 Å². The van der Waals surface area contributed by atoms with Crippen LogP contribution in [0.25, 0.3) is 0 Å². The Bertz CT molecular complexity index is 771. The molecule has 0 bridgehead atoms. The van der Waals surface area contributed by atoms with E-state index < -0.39 is 27.5 Å². The molecule has 0 radical (unpaired) electrons. The van der Waals surface area contributed by atoms with Gasteiger partial charge < -0.3 is 0 Å². The van der Waals surface area contributed by atoms with Crippen LogP contribution in [0.4, 0.5) is 0 Å². The standard InChI is InChI=1S/C19H20Cl2IN2O2/c1-13-10-15(8-9-16(13)21)18(24(22-2)17(25)11-20)19(26)23-12-14-6-4-3-5-7-14/h3-10,18H,11-12H2,1-2H3,(H,23,26)/q-1. The molecule has 1 atom stereocenters. The minimum atomic E-state index is -0.710. The molecule has 0 heterocycles.